The first-order valence-corrected chi connectivity index (χ1v) is 6.99. The highest BCUT2D eigenvalue weighted by Crippen LogP contribution is 2.26. The van der Waals surface area contributed by atoms with Crippen molar-refractivity contribution in [3.63, 3.8) is 0 Å². The number of nitrogens with zero attached hydrogens (tertiary/aromatic N) is 1. The molecule has 0 aliphatic carbocycles. The molecule has 1 heterocycles. The van der Waals surface area contributed by atoms with Crippen LogP contribution in [-0.4, -0.2) is 10.5 Å². The van der Waals surface area contributed by atoms with E-state index in [0.717, 1.165) is 8.95 Å². The molecular weight excluding hydrogens is 376 g/mol. The van der Waals surface area contributed by atoms with Gasteiger partial charge in [0.2, 0.25) is 0 Å². The van der Waals surface area contributed by atoms with Crippen LogP contribution in [0.4, 0.5) is 5.69 Å². The fourth-order valence-corrected chi connectivity index (χ4v) is 2.62. The number of aromatic nitrogens is 1. The molecule has 0 saturated carbocycles. The first kappa shape index (κ1) is 14.0. The van der Waals surface area contributed by atoms with E-state index in [4.69, 9.17) is 0 Å². The van der Waals surface area contributed by atoms with Crippen molar-refractivity contribution >= 4 is 43.5 Å². The first-order chi connectivity index (χ1) is 8.97. The Balaban J connectivity index is 2.25. The Labute approximate surface area is 126 Å². The molecule has 0 atom stereocenters. The molecule has 0 saturated heterocycles. The monoisotopic (exact) mass is 384 g/mol. The lowest BCUT2D eigenvalue weighted by Crippen LogP contribution is -2.20. The molecule has 0 fully saturated rings. The molecule has 0 radical (unpaired) electrons. The first-order valence-electron chi connectivity index (χ1n) is 5.40. The van der Waals surface area contributed by atoms with Gasteiger partial charge < -0.3 is 9.88 Å². The number of benzene rings is 1. The lowest BCUT2D eigenvalue weighted by molar-refractivity contribution is 0.102. The van der Waals surface area contributed by atoms with Crippen molar-refractivity contribution in [2.75, 3.05) is 5.32 Å². The predicted octanol–water partition coefficient (Wildman–Crippen LogP) is 3.16. The number of hydrogen-bond acceptors (Lipinski definition) is 2. The van der Waals surface area contributed by atoms with Gasteiger partial charge in [0.15, 0.2) is 0 Å². The molecule has 4 nitrogen and oxygen atoms in total. The van der Waals surface area contributed by atoms with Crippen molar-refractivity contribution in [3.8, 4) is 0 Å². The van der Waals surface area contributed by atoms with E-state index >= 15 is 0 Å². The van der Waals surface area contributed by atoms with E-state index in [9.17, 15) is 9.59 Å². The number of hydrogen-bond donors (Lipinski definition) is 1. The Morgan fingerprint density at radius 1 is 1.21 bits per heavy atom. The fourth-order valence-electron chi connectivity index (χ4n) is 1.48. The minimum absolute atomic E-state index is 0.220. The highest BCUT2D eigenvalue weighted by atomic mass is 79.9. The summed E-state index contributed by atoms with van der Waals surface area (Å²) < 4.78 is 3.08. The number of carbonyl (C=O) groups excluding carboxylic acids is 1. The molecule has 19 heavy (non-hydrogen) atoms. The second-order valence-corrected chi connectivity index (χ2v) is 5.71. The van der Waals surface area contributed by atoms with Crippen LogP contribution in [0.25, 0.3) is 0 Å². The Bertz CT molecular complexity index is 695. The van der Waals surface area contributed by atoms with Gasteiger partial charge in [-0.1, -0.05) is 15.9 Å². The highest BCUT2D eigenvalue weighted by Gasteiger charge is 2.09. The van der Waals surface area contributed by atoms with Gasteiger partial charge in [-0.2, -0.15) is 0 Å². The standard InChI is InChI=1S/C13H10Br2N2O2/c1-17-5-4-8(6-12(17)18)13(19)16-11-3-2-9(14)7-10(11)15/h2-7H,1H3,(H,16,19). The average Bonchev–Trinajstić information content (AvgIpc) is 2.36. The van der Waals surface area contributed by atoms with Gasteiger partial charge in [-0.15, -0.1) is 0 Å². The summed E-state index contributed by atoms with van der Waals surface area (Å²) in [6.07, 6.45) is 1.56. The van der Waals surface area contributed by atoms with E-state index in [-0.39, 0.29) is 11.5 Å². The summed E-state index contributed by atoms with van der Waals surface area (Å²) >= 11 is 6.70. The summed E-state index contributed by atoms with van der Waals surface area (Å²) in [6.45, 7) is 0. The minimum Gasteiger partial charge on any atom is -0.321 e. The van der Waals surface area contributed by atoms with Gasteiger partial charge >= 0.3 is 0 Å². The number of nitrogens with one attached hydrogen (secondary N) is 1. The van der Waals surface area contributed by atoms with E-state index in [1.165, 1.54) is 10.6 Å². The van der Waals surface area contributed by atoms with Gasteiger partial charge in [-0.05, 0) is 40.2 Å². The maximum Gasteiger partial charge on any atom is 0.255 e. The zero-order valence-corrected chi connectivity index (χ0v) is 13.2. The Morgan fingerprint density at radius 3 is 2.58 bits per heavy atom. The van der Waals surface area contributed by atoms with Crippen molar-refractivity contribution in [2.24, 2.45) is 7.05 Å². The minimum atomic E-state index is -0.319. The molecule has 1 aromatic carbocycles. The summed E-state index contributed by atoms with van der Waals surface area (Å²) in [4.78, 5) is 23.5. The van der Waals surface area contributed by atoms with Crippen LogP contribution in [0.3, 0.4) is 0 Å². The summed E-state index contributed by atoms with van der Waals surface area (Å²) in [5.74, 6) is -0.319. The number of rotatable bonds is 2. The van der Waals surface area contributed by atoms with Crippen molar-refractivity contribution in [1.29, 1.82) is 0 Å². The van der Waals surface area contributed by atoms with E-state index < -0.39 is 0 Å². The highest BCUT2D eigenvalue weighted by molar-refractivity contribution is 9.11. The van der Waals surface area contributed by atoms with E-state index in [0.29, 0.717) is 11.3 Å². The van der Waals surface area contributed by atoms with Crippen molar-refractivity contribution in [1.82, 2.24) is 4.57 Å². The van der Waals surface area contributed by atoms with Crippen LogP contribution in [-0.2, 0) is 7.05 Å². The molecule has 1 N–H and O–H groups in total. The molecule has 98 valence electrons. The second-order valence-electron chi connectivity index (χ2n) is 3.94. The molecule has 0 unspecified atom stereocenters. The summed E-state index contributed by atoms with van der Waals surface area (Å²) in [6, 6.07) is 8.34. The quantitative estimate of drug-likeness (QED) is 0.863. The van der Waals surface area contributed by atoms with Crippen LogP contribution < -0.4 is 10.9 Å². The normalized spacial score (nSPS) is 10.3. The maximum atomic E-state index is 12.0. The molecule has 0 bridgehead atoms. The molecule has 0 aliphatic rings. The van der Waals surface area contributed by atoms with Crippen LogP contribution in [0, 0.1) is 0 Å². The summed E-state index contributed by atoms with van der Waals surface area (Å²) in [5, 5.41) is 2.75. The number of anilines is 1. The number of amides is 1. The van der Waals surface area contributed by atoms with Crippen LogP contribution in [0.5, 0.6) is 0 Å². The van der Waals surface area contributed by atoms with Crippen LogP contribution in [0.15, 0.2) is 50.3 Å². The zero-order chi connectivity index (χ0) is 14.0. The van der Waals surface area contributed by atoms with E-state index in [2.05, 4.69) is 37.2 Å². The van der Waals surface area contributed by atoms with Gasteiger partial charge in [0.25, 0.3) is 11.5 Å². The largest absolute Gasteiger partial charge is 0.321 e. The van der Waals surface area contributed by atoms with Crippen molar-refractivity contribution in [3.05, 3.63) is 61.4 Å². The van der Waals surface area contributed by atoms with E-state index in [1.54, 1.807) is 25.4 Å². The molecule has 1 amide bonds. The SMILES string of the molecule is Cn1ccc(C(=O)Nc2ccc(Br)cc2Br)cc1=O. The molecule has 0 spiro atoms. The van der Waals surface area contributed by atoms with E-state index in [1.807, 2.05) is 12.1 Å². The Hall–Kier alpha value is -1.40. The second kappa shape index (κ2) is 5.71. The third-order valence-corrected chi connectivity index (χ3v) is 3.70. The van der Waals surface area contributed by atoms with Crippen LogP contribution in [0.2, 0.25) is 0 Å². The third-order valence-electron chi connectivity index (χ3n) is 2.55. The van der Waals surface area contributed by atoms with Gasteiger partial charge in [0.1, 0.15) is 0 Å². The molecule has 6 heteroatoms. The number of carbonyl (C=O) groups is 1. The maximum absolute atomic E-state index is 12.0. The number of pyridine rings is 1. The molecule has 2 rings (SSSR count). The van der Waals surface area contributed by atoms with Crippen molar-refractivity contribution < 1.29 is 4.79 Å². The zero-order valence-electron chi connectivity index (χ0n) is 9.98. The average molecular weight is 386 g/mol. The number of aryl methyl sites for hydroxylation is 1. The topological polar surface area (TPSA) is 51.1 Å². The van der Waals surface area contributed by atoms with Gasteiger partial charge in [0.05, 0.1) is 5.69 Å². The van der Waals surface area contributed by atoms with Gasteiger partial charge in [-0.25, -0.2) is 0 Å². The Kier molecular flexibility index (Phi) is 4.21. The van der Waals surface area contributed by atoms with Crippen LogP contribution in [0.1, 0.15) is 10.4 Å². The Morgan fingerprint density at radius 2 is 1.95 bits per heavy atom. The molecule has 1 aromatic heterocycles. The smallest absolute Gasteiger partial charge is 0.255 e. The van der Waals surface area contributed by atoms with Gasteiger partial charge in [0, 0.05) is 33.8 Å². The molecule has 0 aliphatic heterocycles. The fraction of sp³-hybridized carbons (Fsp3) is 0.0769. The van der Waals surface area contributed by atoms with Gasteiger partial charge in [-0.3, -0.25) is 9.59 Å². The summed E-state index contributed by atoms with van der Waals surface area (Å²) in [7, 11) is 1.63. The number of halogens is 2. The predicted molar refractivity (Wildman–Crippen MR) is 81.5 cm³/mol. The third kappa shape index (κ3) is 3.33. The molecular formula is C13H10Br2N2O2. The molecule has 2 aromatic rings. The van der Waals surface area contributed by atoms with Crippen LogP contribution >= 0.6 is 31.9 Å². The lowest BCUT2D eigenvalue weighted by atomic mass is 10.2. The summed E-state index contributed by atoms with van der Waals surface area (Å²) in [5.41, 5.74) is 0.759. The lowest BCUT2D eigenvalue weighted by Gasteiger charge is -2.08. The van der Waals surface area contributed by atoms with Crippen molar-refractivity contribution in [2.45, 2.75) is 0 Å².